The summed E-state index contributed by atoms with van der Waals surface area (Å²) >= 11 is 1.10. The molecule has 2 nitrogen and oxygen atoms in total. The van der Waals surface area contributed by atoms with Crippen molar-refractivity contribution in [2.24, 2.45) is 0 Å². The van der Waals surface area contributed by atoms with E-state index in [9.17, 15) is 22.8 Å². The lowest BCUT2D eigenvalue weighted by Gasteiger charge is -2.19. The van der Waals surface area contributed by atoms with E-state index in [1.165, 1.54) is 0 Å². The third-order valence-electron chi connectivity index (χ3n) is 3.33. The number of Topliss-reactive ketones (excluding diaryl/α,β-unsaturated/α-hetero) is 1. The zero-order valence-corrected chi connectivity index (χ0v) is 11.8. The Balaban J connectivity index is 2.83. The van der Waals surface area contributed by atoms with Crippen LogP contribution >= 0.6 is 11.8 Å². The number of hydrogen-bond acceptors (Lipinski definition) is 3. The fourth-order valence-electron chi connectivity index (χ4n) is 2.37. The maximum Gasteiger partial charge on any atom is 0.417 e. The lowest BCUT2D eigenvalue weighted by atomic mass is 9.93. The van der Waals surface area contributed by atoms with E-state index in [4.69, 9.17) is 0 Å². The van der Waals surface area contributed by atoms with E-state index in [1.807, 2.05) is 0 Å². The van der Waals surface area contributed by atoms with Gasteiger partial charge in [-0.2, -0.15) is 13.2 Å². The minimum Gasteiger partial charge on any atom is -0.298 e. The van der Waals surface area contributed by atoms with Crippen LogP contribution in [0.1, 0.15) is 57.5 Å². The number of rotatable bonds is 4. The third-order valence-corrected chi connectivity index (χ3v) is 4.16. The molecule has 1 aliphatic carbocycles. The highest BCUT2D eigenvalue weighted by atomic mass is 32.2. The number of carbonyl (C=O) groups is 2. The normalized spacial score (nSPS) is 15.2. The number of benzene rings is 1. The largest absolute Gasteiger partial charge is 0.417 e. The summed E-state index contributed by atoms with van der Waals surface area (Å²) in [6.45, 7) is 1.13. The SMILES string of the molecule is CSc1c(C(C)=O)c(C(F)(F)F)cc(C=O)c1C1CC1. The van der Waals surface area contributed by atoms with Gasteiger partial charge in [-0.15, -0.1) is 11.8 Å². The average molecular weight is 302 g/mol. The Morgan fingerprint density at radius 1 is 1.40 bits per heavy atom. The standard InChI is InChI=1S/C14H13F3O2S/c1-7(19)11-10(14(15,16)17)5-9(6-18)12(8-3-4-8)13(11)20-2/h5-6,8H,3-4H2,1-2H3. The molecule has 1 saturated carbocycles. The molecule has 0 amide bonds. The molecule has 20 heavy (non-hydrogen) atoms. The second kappa shape index (κ2) is 5.24. The van der Waals surface area contributed by atoms with Crippen molar-refractivity contribution in [3.05, 3.63) is 28.3 Å². The molecule has 6 heteroatoms. The summed E-state index contributed by atoms with van der Waals surface area (Å²) in [7, 11) is 0. The number of carbonyl (C=O) groups excluding carboxylic acids is 2. The first-order chi connectivity index (χ1) is 9.31. The fraction of sp³-hybridized carbons (Fsp3) is 0.429. The van der Waals surface area contributed by atoms with Crippen molar-refractivity contribution >= 4 is 23.8 Å². The van der Waals surface area contributed by atoms with Crippen LogP contribution < -0.4 is 0 Å². The smallest absolute Gasteiger partial charge is 0.298 e. The summed E-state index contributed by atoms with van der Waals surface area (Å²) < 4.78 is 39.3. The summed E-state index contributed by atoms with van der Waals surface area (Å²) in [6, 6.07) is 0.817. The van der Waals surface area contributed by atoms with Crippen LogP contribution in [0, 0.1) is 0 Å². The highest BCUT2D eigenvalue weighted by Gasteiger charge is 2.39. The first-order valence-electron chi connectivity index (χ1n) is 6.09. The highest BCUT2D eigenvalue weighted by molar-refractivity contribution is 7.98. The maximum absolute atomic E-state index is 13.1. The number of thioether (sulfide) groups is 1. The minimum atomic E-state index is -4.65. The lowest BCUT2D eigenvalue weighted by Crippen LogP contribution is -2.15. The van der Waals surface area contributed by atoms with Crippen molar-refractivity contribution in [1.82, 2.24) is 0 Å². The topological polar surface area (TPSA) is 34.1 Å². The van der Waals surface area contributed by atoms with Crippen molar-refractivity contribution in [2.75, 3.05) is 6.26 Å². The molecule has 0 saturated heterocycles. The van der Waals surface area contributed by atoms with Gasteiger partial charge in [0.05, 0.1) is 5.56 Å². The van der Waals surface area contributed by atoms with Crippen LogP contribution in [0.3, 0.4) is 0 Å². The molecule has 1 aromatic rings. The van der Waals surface area contributed by atoms with Gasteiger partial charge in [-0.25, -0.2) is 0 Å². The van der Waals surface area contributed by atoms with E-state index in [0.29, 0.717) is 16.7 Å². The van der Waals surface area contributed by atoms with E-state index in [2.05, 4.69) is 0 Å². The van der Waals surface area contributed by atoms with E-state index >= 15 is 0 Å². The van der Waals surface area contributed by atoms with Gasteiger partial charge in [-0.3, -0.25) is 9.59 Å². The van der Waals surface area contributed by atoms with Crippen molar-refractivity contribution in [3.63, 3.8) is 0 Å². The molecule has 2 rings (SSSR count). The van der Waals surface area contributed by atoms with Gasteiger partial charge in [0.15, 0.2) is 5.78 Å². The van der Waals surface area contributed by atoms with Crippen molar-refractivity contribution < 1.29 is 22.8 Å². The second-order valence-corrected chi connectivity index (χ2v) is 5.60. The minimum absolute atomic E-state index is 0.0502. The molecule has 0 bridgehead atoms. The van der Waals surface area contributed by atoms with Crippen LogP contribution in [-0.2, 0) is 6.18 Å². The Hall–Kier alpha value is -1.30. The predicted molar refractivity (Wildman–Crippen MR) is 70.6 cm³/mol. The van der Waals surface area contributed by atoms with Gasteiger partial charge in [0.2, 0.25) is 0 Å². The molecular weight excluding hydrogens is 289 g/mol. The molecule has 1 aliphatic rings. The van der Waals surface area contributed by atoms with E-state index < -0.39 is 17.5 Å². The first-order valence-corrected chi connectivity index (χ1v) is 7.32. The predicted octanol–water partition coefficient (Wildman–Crippen LogP) is 4.32. The first kappa shape index (κ1) is 15.1. The molecule has 0 unspecified atom stereocenters. The number of hydrogen-bond donors (Lipinski definition) is 0. The van der Waals surface area contributed by atoms with Crippen molar-refractivity contribution in [1.29, 1.82) is 0 Å². The van der Waals surface area contributed by atoms with Crippen LogP contribution in [0.15, 0.2) is 11.0 Å². The quantitative estimate of drug-likeness (QED) is 0.472. The summed E-state index contributed by atoms with van der Waals surface area (Å²) in [5.41, 5.74) is -0.668. The van der Waals surface area contributed by atoms with Gasteiger partial charge < -0.3 is 0 Å². The summed E-state index contributed by atoms with van der Waals surface area (Å²) in [4.78, 5) is 23.1. The van der Waals surface area contributed by atoms with Gasteiger partial charge >= 0.3 is 6.18 Å². The number of ketones is 1. The average Bonchev–Trinajstić information content (AvgIpc) is 3.18. The Morgan fingerprint density at radius 3 is 2.35 bits per heavy atom. The molecule has 0 aromatic heterocycles. The Morgan fingerprint density at radius 2 is 2.00 bits per heavy atom. The summed E-state index contributed by atoms with van der Waals surface area (Å²) in [5, 5.41) is 0. The third kappa shape index (κ3) is 2.61. The van der Waals surface area contributed by atoms with Crippen molar-refractivity contribution in [3.8, 4) is 0 Å². The molecule has 0 spiro atoms. The molecule has 1 fully saturated rings. The van der Waals surface area contributed by atoms with Gasteiger partial charge in [0.25, 0.3) is 0 Å². The van der Waals surface area contributed by atoms with Crippen LogP contribution in [0.25, 0.3) is 0 Å². The maximum atomic E-state index is 13.1. The Labute approximate surface area is 118 Å². The fourth-order valence-corrected chi connectivity index (χ4v) is 3.33. The molecule has 1 aromatic carbocycles. The molecule has 0 radical (unpaired) electrons. The highest BCUT2D eigenvalue weighted by Crippen LogP contribution is 2.49. The van der Waals surface area contributed by atoms with E-state index in [1.54, 1.807) is 6.26 Å². The monoisotopic (exact) mass is 302 g/mol. The Bertz CT molecular complexity index is 575. The van der Waals surface area contributed by atoms with E-state index in [0.717, 1.165) is 37.6 Å². The van der Waals surface area contributed by atoms with Gasteiger partial charge in [0.1, 0.15) is 6.29 Å². The van der Waals surface area contributed by atoms with Crippen LogP contribution in [0.2, 0.25) is 0 Å². The zero-order valence-electron chi connectivity index (χ0n) is 11.0. The van der Waals surface area contributed by atoms with Gasteiger partial charge in [0, 0.05) is 16.0 Å². The van der Waals surface area contributed by atoms with E-state index in [-0.39, 0.29) is 17.0 Å². The van der Waals surface area contributed by atoms with Crippen molar-refractivity contribution in [2.45, 2.75) is 36.8 Å². The van der Waals surface area contributed by atoms with Gasteiger partial charge in [-0.05, 0) is 43.6 Å². The summed E-state index contributed by atoms with van der Waals surface area (Å²) in [6.07, 6.45) is -0.880. The van der Waals surface area contributed by atoms with Gasteiger partial charge in [-0.1, -0.05) is 0 Å². The number of aldehydes is 1. The lowest BCUT2D eigenvalue weighted by molar-refractivity contribution is -0.138. The van der Waals surface area contributed by atoms with Crippen LogP contribution in [-0.4, -0.2) is 18.3 Å². The van der Waals surface area contributed by atoms with Crippen LogP contribution in [0.5, 0.6) is 0 Å². The molecular formula is C14H13F3O2S. The Kier molecular flexibility index (Phi) is 3.95. The molecule has 0 atom stereocenters. The zero-order chi connectivity index (χ0) is 15.1. The summed E-state index contributed by atoms with van der Waals surface area (Å²) in [5.74, 6) is -0.529. The number of alkyl halides is 3. The molecule has 108 valence electrons. The second-order valence-electron chi connectivity index (χ2n) is 4.78. The number of halogens is 3. The molecule has 0 heterocycles. The molecule has 0 aliphatic heterocycles. The molecule has 0 N–H and O–H groups in total. The van der Waals surface area contributed by atoms with Crippen LogP contribution in [0.4, 0.5) is 13.2 Å².